The fourth-order valence-corrected chi connectivity index (χ4v) is 3.59. The van der Waals surface area contributed by atoms with Crippen molar-refractivity contribution in [3.05, 3.63) is 63.9 Å². The van der Waals surface area contributed by atoms with Crippen LogP contribution in [0.3, 0.4) is 0 Å². The molecule has 0 aromatic heterocycles. The molecule has 26 heavy (non-hydrogen) atoms. The second kappa shape index (κ2) is 9.22. The predicted molar refractivity (Wildman–Crippen MR) is 98.8 cm³/mol. The summed E-state index contributed by atoms with van der Waals surface area (Å²) < 4.78 is 46.0. The van der Waals surface area contributed by atoms with E-state index in [4.69, 9.17) is 4.74 Å². The number of halogens is 2. The van der Waals surface area contributed by atoms with Gasteiger partial charge >= 0.3 is 0 Å². The van der Waals surface area contributed by atoms with Crippen LogP contribution >= 0.6 is 15.9 Å². The van der Waals surface area contributed by atoms with Gasteiger partial charge in [0.2, 0.25) is 10.0 Å². The molecular formula is C17H18BrFN2O4S. The highest BCUT2D eigenvalue weighted by Gasteiger charge is 2.16. The summed E-state index contributed by atoms with van der Waals surface area (Å²) in [6, 6.07) is 10.0. The third kappa shape index (κ3) is 5.60. The van der Waals surface area contributed by atoms with E-state index >= 15 is 0 Å². The molecule has 0 aliphatic heterocycles. The molecule has 2 aromatic rings. The van der Waals surface area contributed by atoms with Crippen LogP contribution in [0.4, 0.5) is 4.39 Å². The van der Waals surface area contributed by atoms with Crippen LogP contribution in [-0.4, -0.2) is 34.6 Å². The second-order valence-corrected chi connectivity index (χ2v) is 8.02. The molecule has 1 amide bonds. The summed E-state index contributed by atoms with van der Waals surface area (Å²) in [5.74, 6) is -0.939. The Kier molecular flexibility index (Phi) is 7.27. The fourth-order valence-electron chi connectivity index (χ4n) is 2.12. The molecule has 0 aliphatic carbocycles. The van der Waals surface area contributed by atoms with Crippen molar-refractivity contribution in [2.45, 2.75) is 11.4 Å². The molecule has 0 heterocycles. The van der Waals surface area contributed by atoms with E-state index in [1.165, 1.54) is 37.4 Å². The molecule has 0 atom stereocenters. The lowest BCUT2D eigenvalue weighted by Gasteiger charge is -2.09. The Morgan fingerprint density at radius 3 is 2.73 bits per heavy atom. The van der Waals surface area contributed by atoms with Gasteiger partial charge < -0.3 is 10.1 Å². The minimum Gasteiger partial charge on any atom is -0.383 e. The molecule has 0 saturated heterocycles. The lowest BCUT2D eigenvalue weighted by molar-refractivity contribution is 0.0950. The van der Waals surface area contributed by atoms with E-state index < -0.39 is 21.7 Å². The molecule has 0 unspecified atom stereocenters. The standard InChI is InChI=1S/C17H18BrFN2O4S/c1-25-8-7-21-26(23,24)15-4-2-3-12(10-15)17(22)20-11-13-9-14(18)5-6-16(13)19/h2-6,9-10,21H,7-8,11H2,1H3,(H,20,22). The summed E-state index contributed by atoms with van der Waals surface area (Å²) >= 11 is 3.24. The van der Waals surface area contributed by atoms with Crippen LogP contribution < -0.4 is 10.0 Å². The number of hydrogen-bond acceptors (Lipinski definition) is 4. The lowest BCUT2D eigenvalue weighted by Crippen LogP contribution is -2.28. The van der Waals surface area contributed by atoms with Crippen LogP contribution in [0.1, 0.15) is 15.9 Å². The van der Waals surface area contributed by atoms with E-state index in [1.807, 2.05) is 0 Å². The Labute approximate surface area is 159 Å². The molecule has 9 heteroatoms. The number of carbonyl (C=O) groups excluding carboxylic acids is 1. The zero-order valence-corrected chi connectivity index (χ0v) is 16.4. The average Bonchev–Trinajstić information content (AvgIpc) is 2.62. The smallest absolute Gasteiger partial charge is 0.251 e. The van der Waals surface area contributed by atoms with Gasteiger partial charge in [0.1, 0.15) is 5.82 Å². The number of sulfonamides is 1. The zero-order valence-electron chi connectivity index (χ0n) is 14.0. The third-order valence-corrected chi connectivity index (χ3v) is 5.40. The first-order valence-electron chi connectivity index (χ1n) is 7.64. The highest BCUT2D eigenvalue weighted by atomic mass is 79.9. The van der Waals surface area contributed by atoms with Crippen LogP contribution in [0.2, 0.25) is 0 Å². The van der Waals surface area contributed by atoms with Crippen LogP contribution in [0.25, 0.3) is 0 Å². The minimum atomic E-state index is -3.74. The van der Waals surface area contributed by atoms with Crippen LogP contribution in [-0.2, 0) is 21.3 Å². The first-order valence-corrected chi connectivity index (χ1v) is 9.92. The van der Waals surface area contributed by atoms with E-state index in [0.717, 1.165) is 0 Å². The summed E-state index contributed by atoms with van der Waals surface area (Å²) in [6.45, 7) is 0.336. The van der Waals surface area contributed by atoms with Gasteiger partial charge in [-0.05, 0) is 36.4 Å². The second-order valence-electron chi connectivity index (χ2n) is 5.34. The molecule has 2 aromatic carbocycles. The Balaban J connectivity index is 2.09. The van der Waals surface area contributed by atoms with Crippen molar-refractivity contribution in [2.24, 2.45) is 0 Å². The maximum absolute atomic E-state index is 13.7. The number of benzene rings is 2. The van der Waals surface area contributed by atoms with E-state index in [1.54, 1.807) is 12.1 Å². The van der Waals surface area contributed by atoms with Crippen molar-refractivity contribution in [1.29, 1.82) is 0 Å². The summed E-state index contributed by atoms with van der Waals surface area (Å²) in [5, 5.41) is 2.58. The Morgan fingerprint density at radius 2 is 2.00 bits per heavy atom. The summed E-state index contributed by atoms with van der Waals surface area (Å²) in [4.78, 5) is 12.2. The van der Waals surface area contributed by atoms with Crippen molar-refractivity contribution in [3.8, 4) is 0 Å². The van der Waals surface area contributed by atoms with Crippen molar-refractivity contribution < 1.29 is 22.3 Å². The molecule has 0 saturated carbocycles. The third-order valence-electron chi connectivity index (χ3n) is 3.45. The van der Waals surface area contributed by atoms with Gasteiger partial charge in [-0.2, -0.15) is 0 Å². The first kappa shape index (κ1) is 20.5. The van der Waals surface area contributed by atoms with E-state index in [9.17, 15) is 17.6 Å². The molecule has 2 N–H and O–H groups in total. The Morgan fingerprint density at radius 1 is 1.23 bits per heavy atom. The van der Waals surface area contributed by atoms with Crippen LogP contribution in [0.5, 0.6) is 0 Å². The normalized spacial score (nSPS) is 11.3. The number of hydrogen-bond donors (Lipinski definition) is 2. The number of nitrogens with one attached hydrogen (secondary N) is 2. The maximum atomic E-state index is 13.7. The van der Waals surface area contributed by atoms with Gasteiger partial charge in [0.05, 0.1) is 11.5 Å². The van der Waals surface area contributed by atoms with Gasteiger partial charge in [-0.1, -0.05) is 22.0 Å². The van der Waals surface area contributed by atoms with Crippen molar-refractivity contribution in [1.82, 2.24) is 10.0 Å². The van der Waals surface area contributed by atoms with Gasteiger partial charge in [0, 0.05) is 35.8 Å². The maximum Gasteiger partial charge on any atom is 0.251 e. The zero-order chi connectivity index (χ0) is 19.2. The molecule has 0 aliphatic rings. The van der Waals surface area contributed by atoms with Gasteiger partial charge in [-0.15, -0.1) is 0 Å². The minimum absolute atomic E-state index is 0.0207. The number of methoxy groups -OCH3 is 1. The quantitative estimate of drug-likeness (QED) is 0.612. The van der Waals surface area contributed by atoms with E-state index in [2.05, 4.69) is 26.0 Å². The SMILES string of the molecule is COCCNS(=O)(=O)c1cccc(C(=O)NCc2cc(Br)ccc2F)c1. The van der Waals surface area contributed by atoms with Gasteiger partial charge in [-0.3, -0.25) is 4.79 Å². The van der Waals surface area contributed by atoms with Crippen molar-refractivity contribution >= 4 is 31.9 Å². The molecule has 140 valence electrons. The number of ether oxygens (including phenoxy) is 1. The van der Waals surface area contributed by atoms with Gasteiger partial charge in [0.25, 0.3) is 5.91 Å². The van der Waals surface area contributed by atoms with Gasteiger partial charge in [-0.25, -0.2) is 17.5 Å². The first-order chi connectivity index (χ1) is 12.3. The van der Waals surface area contributed by atoms with Gasteiger partial charge in [0.15, 0.2) is 0 Å². The predicted octanol–water partition coefficient (Wildman–Crippen LogP) is 2.44. The molecule has 2 rings (SSSR count). The largest absolute Gasteiger partial charge is 0.383 e. The molecule has 6 nitrogen and oxygen atoms in total. The molecule has 0 spiro atoms. The Bertz CT molecular complexity index is 890. The highest BCUT2D eigenvalue weighted by Crippen LogP contribution is 2.16. The lowest BCUT2D eigenvalue weighted by atomic mass is 10.2. The van der Waals surface area contributed by atoms with Crippen LogP contribution in [0, 0.1) is 5.82 Å². The highest BCUT2D eigenvalue weighted by molar-refractivity contribution is 9.10. The Hall–Kier alpha value is -1.81. The molecule has 0 fully saturated rings. The number of amides is 1. The van der Waals surface area contributed by atoms with E-state index in [0.29, 0.717) is 10.0 Å². The summed E-state index contributed by atoms with van der Waals surface area (Å²) in [5.41, 5.74) is 0.479. The molecule has 0 radical (unpaired) electrons. The molecular weight excluding hydrogens is 427 g/mol. The summed E-state index contributed by atoms with van der Waals surface area (Å²) in [6.07, 6.45) is 0. The topological polar surface area (TPSA) is 84.5 Å². The van der Waals surface area contributed by atoms with Crippen molar-refractivity contribution in [2.75, 3.05) is 20.3 Å². The molecule has 0 bridgehead atoms. The number of rotatable bonds is 8. The fraction of sp³-hybridized carbons (Fsp3) is 0.235. The van der Waals surface area contributed by atoms with Crippen molar-refractivity contribution in [3.63, 3.8) is 0 Å². The van der Waals surface area contributed by atoms with Crippen LogP contribution in [0.15, 0.2) is 51.8 Å². The average molecular weight is 445 g/mol. The summed E-state index contributed by atoms with van der Waals surface area (Å²) in [7, 11) is -2.28. The van der Waals surface area contributed by atoms with E-state index in [-0.39, 0.29) is 30.2 Å². The monoisotopic (exact) mass is 444 g/mol. The number of carbonyl (C=O) groups is 1.